The average molecular weight is 154 g/mol. The van der Waals surface area contributed by atoms with E-state index in [9.17, 15) is 0 Å². The van der Waals surface area contributed by atoms with Crippen LogP contribution in [-0.4, -0.2) is 30.1 Å². The molecule has 0 aromatic carbocycles. The Labute approximate surface area is 68.7 Å². The molecular formula is C9H18N2. The maximum absolute atomic E-state index is 5.64. The first-order chi connectivity index (χ1) is 5.33. The van der Waals surface area contributed by atoms with Crippen molar-refractivity contribution in [3.8, 4) is 0 Å². The first-order valence-electron chi connectivity index (χ1n) is 4.78. The monoisotopic (exact) mass is 154 g/mol. The fourth-order valence-electron chi connectivity index (χ4n) is 2.29. The number of nitrogens with zero attached hydrogens (tertiary/aromatic N) is 1. The Kier molecular flexibility index (Phi) is 1.90. The second-order valence-electron chi connectivity index (χ2n) is 4.04. The number of hydrogen-bond donors (Lipinski definition) is 1. The largest absolute Gasteiger partial charge is 0.329 e. The minimum Gasteiger partial charge on any atom is -0.329 e. The standard InChI is InChI=1S/C9H18N2/c1-7-2-3-9(7)11-5-4-8(11)6-10/h7-9H,2-6,10H2,1H3. The summed E-state index contributed by atoms with van der Waals surface area (Å²) in [7, 11) is 0. The van der Waals surface area contributed by atoms with Crippen LogP contribution in [0.5, 0.6) is 0 Å². The third-order valence-corrected chi connectivity index (χ3v) is 3.46. The molecule has 2 N–H and O–H groups in total. The van der Waals surface area contributed by atoms with E-state index >= 15 is 0 Å². The minimum absolute atomic E-state index is 0.725. The van der Waals surface area contributed by atoms with Gasteiger partial charge in [-0.05, 0) is 25.2 Å². The predicted molar refractivity (Wildman–Crippen MR) is 46.4 cm³/mol. The van der Waals surface area contributed by atoms with Gasteiger partial charge in [0.15, 0.2) is 0 Å². The fourth-order valence-corrected chi connectivity index (χ4v) is 2.29. The Hall–Kier alpha value is -0.0800. The summed E-state index contributed by atoms with van der Waals surface area (Å²) < 4.78 is 0. The van der Waals surface area contributed by atoms with Crippen molar-refractivity contribution in [2.75, 3.05) is 13.1 Å². The highest BCUT2D eigenvalue weighted by Crippen LogP contribution is 2.36. The van der Waals surface area contributed by atoms with Crippen LogP contribution in [0.1, 0.15) is 26.2 Å². The molecule has 3 unspecified atom stereocenters. The van der Waals surface area contributed by atoms with Crippen molar-refractivity contribution in [2.24, 2.45) is 11.7 Å². The molecule has 0 aromatic rings. The van der Waals surface area contributed by atoms with E-state index in [1.54, 1.807) is 0 Å². The molecule has 2 rings (SSSR count). The van der Waals surface area contributed by atoms with Gasteiger partial charge in [-0.2, -0.15) is 0 Å². The number of hydrogen-bond acceptors (Lipinski definition) is 2. The quantitative estimate of drug-likeness (QED) is 0.638. The molecule has 2 fully saturated rings. The lowest BCUT2D eigenvalue weighted by molar-refractivity contribution is -0.0221. The smallest absolute Gasteiger partial charge is 0.0233 e. The van der Waals surface area contributed by atoms with E-state index < -0.39 is 0 Å². The van der Waals surface area contributed by atoms with Gasteiger partial charge >= 0.3 is 0 Å². The van der Waals surface area contributed by atoms with E-state index in [2.05, 4.69) is 11.8 Å². The summed E-state index contributed by atoms with van der Waals surface area (Å²) in [6.07, 6.45) is 4.18. The highest BCUT2D eigenvalue weighted by molar-refractivity contribution is 4.95. The van der Waals surface area contributed by atoms with Crippen molar-refractivity contribution >= 4 is 0 Å². The third kappa shape index (κ3) is 1.09. The Morgan fingerprint density at radius 3 is 2.45 bits per heavy atom. The first kappa shape index (κ1) is 7.56. The van der Waals surface area contributed by atoms with Gasteiger partial charge in [0.2, 0.25) is 0 Å². The van der Waals surface area contributed by atoms with Gasteiger partial charge < -0.3 is 5.73 Å². The summed E-state index contributed by atoms with van der Waals surface area (Å²) in [5.41, 5.74) is 5.64. The van der Waals surface area contributed by atoms with Crippen molar-refractivity contribution in [3.05, 3.63) is 0 Å². The van der Waals surface area contributed by atoms with Gasteiger partial charge in [-0.3, -0.25) is 4.90 Å². The molecular weight excluding hydrogens is 136 g/mol. The van der Waals surface area contributed by atoms with E-state index in [4.69, 9.17) is 5.73 Å². The third-order valence-electron chi connectivity index (χ3n) is 3.46. The van der Waals surface area contributed by atoms with Gasteiger partial charge in [-0.15, -0.1) is 0 Å². The molecule has 0 bridgehead atoms. The molecule has 1 aliphatic heterocycles. The number of likely N-dealkylation sites (tertiary alicyclic amines) is 1. The molecule has 0 radical (unpaired) electrons. The van der Waals surface area contributed by atoms with Gasteiger partial charge in [0.05, 0.1) is 0 Å². The fraction of sp³-hybridized carbons (Fsp3) is 1.00. The molecule has 0 aromatic heterocycles. The second-order valence-corrected chi connectivity index (χ2v) is 4.04. The van der Waals surface area contributed by atoms with Gasteiger partial charge in [-0.25, -0.2) is 0 Å². The van der Waals surface area contributed by atoms with Crippen molar-refractivity contribution in [1.82, 2.24) is 4.90 Å². The van der Waals surface area contributed by atoms with E-state index in [1.165, 1.54) is 25.8 Å². The molecule has 0 amide bonds. The van der Waals surface area contributed by atoms with Crippen molar-refractivity contribution in [1.29, 1.82) is 0 Å². The van der Waals surface area contributed by atoms with E-state index in [1.807, 2.05) is 0 Å². The van der Waals surface area contributed by atoms with Crippen LogP contribution in [0, 0.1) is 5.92 Å². The molecule has 1 heterocycles. The molecule has 0 spiro atoms. The SMILES string of the molecule is CC1CCC1N1CCC1CN. The van der Waals surface area contributed by atoms with E-state index in [-0.39, 0.29) is 0 Å². The summed E-state index contributed by atoms with van der Waals surface area (Å²) in [5, 5.41) is 0. The van der Waals surface area contributed by atoms with Crippen LogP contribution in [0.15, 0.2) is 0 Å². The lowest BCUT2D eigenvalue weighted by Gasteiger charge is -2.52. The lowest BCUT2D eigenvalue weighted by atomic mass is 9.77. The molecule has 3 atom stereocenters. The summed E-state index contributed by atoms with van der Waals surface area (Å²) in [5.74, 6) is 0.935. The van der Waals surface area contributed by atoms with Crippen molar-refractivity contribution < 1.29 is 0 Å². The lowest BCUT2D eigenvalue weighted by Crippen LogP contribution is -2.60. The molecule has 2 heteroatoms. The first-order valence-corrected chi connectivity index (χ1v) is 4.78. The second kappa shape index (κ2) is 2.76. The summed E-state index contributed by atoms with van der Waals surface area (Å²) >= 11 is 0. The zero-order valence-corrected chi connectivity index (χ0v) is 7.29. The van der Waals surface area contributed by atoms with Crippen LogP contribution in [0.25, 0.3) is 0 Å². The number of rotatable bonds is 2. The van der Waals surface area contributed by atoms with E-state index in [0.29, 0.717) is 0 Å². The van der Waals surface area contributed by atoms with Gasteiger partial charge in [0.1, 0.15) is 0 Å². The van der Waals surface area contributed by atoms with Crippen LogP contribution < -0.4 is 5.73 Å². The summed E-state index contributed by atoms with van der Waals surface area (Å²) in [6, 6.07) is 1.61. The van der Waals surface area contributed by atoms with Crippen LogP contribution >= 0.6 is 0 Å². The average Bonchev–Trinajstić information content (AvgIpc) is 1.96. The maximum Gasteiger partial charge on any atom is 0.0233 e. The molecule has 2 aliphatic rings. The topological polar surface area (TPSA) is 29.3 Å². The van der Waals surface area contributed by atoms with Gasteiger partial charge in [0, 0.05) is 25.2 Å². The molecule has 1 aliphatic carbocycles. The minimum atomic E-state index is 0.725. The molecule has 11 heavy (non-hydrogen) atoms. The Bertz CT molecular complexity index is 144. The molecule has 1 saturated heterocycles. The van der Waals surface area contributed by atoms with Crippen molar-refractivity contribution in [2.45, 2.75) is 38.3 Å². The predicted octanol–water partition coefficient (Wildman–Crippen LogP) is 0.818. The van der Waals surface area contributed by atoms with Crippen molar-refractivity contribution in [3.63, 3.8) is 0 Å². The Balaban J connectivity index is 1.85. The zero-order chi connectivity index (χ0) is 7.84. The van der Waals surface area contributed by atoms with E-state index in [0.717, 1.165) is 24.5 Å². The Morgan fingerprint density at radius 2 is 2.18 bits per heavy atom. The Morgan fingerprint density at radius 1 is 1.36 bits per heavy atom. The van der Waals surface area contributed by atoms with Gasteiger partial charge in [0.25, 0.3) is 0 Å². The molecule has 2 nitrogen and oxygen atoms in total. The van der Waals surface area contributed by atoms with Crippen LogP contribution in [0.4, 0.5) is 0 Å². The molecule has 64 valence electrons. The summed E-state index contributed by atoms with van der Waals surface area (Å²) in [4.78, 5) is 2.61. The highest BCUT2D eigenvalue weighted by atomic mass is 15.3. The highest BCUT2D eigenvalue weighted by Gasteiger charge is 2.39. The zero-order valence-electron chi connectivity index (χ0n) is 7.29. The van der Waals surface area contributed by atoms with Crippen LogP contribution in [0.3, 0.4) is 0 Å². The van der Waals surface area contributed by atoms with Crippen LogP contribution in [0.2, 0.25) is 0 Å². The van der Waals surface area contributed by atoms with Gasteiger partial charge in [-0.1, -0.05) is 6.92 Å². The number of nitrogens with two attached hydrogens (primary N) is 1. The normalized spacial score (nSPS) is 44.7. The summed E-state index contributed by atoms with van der Waals surface area (Å²) in [6.45, 7) is 4.53. The van der Waals surface area contributed by atoms with Crippen LogP contribution in [-0.2, 0) is 0 Å². The molecule has 1 saturated carbocycles. The maximum atomic E-state index is 5.64.